The molecule has 4 heteroatoms. The summed E-state index contributed by atoms with van der Waals surface area (Å²) in [6.07, 6.45) is -1.07. The van der Waals surface area contributed by atoms with Gasteiger partial charge in [-0.15, -0.1) is 0 Å². The Morgan fingerprint density at radius 2 is 1.72 bits per heavy atom. The monoisotopic (exact) mass is 257 g/mol. The highest BCUT2D eigenvalue weighted by molar-refractivity contribution is 5.22. The molecule has 0 aliphatic heterocycles. The largest absolute Gasteiger partial charge is 0.387 e. The molecule has 2 nitrogen and oxygen atoms in total. The fraction of sp³-hybridized carbons (Fsp3) is 0.571. The summed E-state index contributed by atoms with van der Waals surface area (Å²) in [4.78, 5) is 0. The zero-order chi connectivity index (χ0) is 13.9. The summed E-state index contributed by atoms with van der Waals surface area (Å²) in [5.74, 6) is -1.03. The molecule has 0 bridgehead atoms. The fourth-order valence-electron chi connectivity index (χ4n) is 1.97. The van der Waals surface area contributed by atoms with Crippen LogP contribution in [0.5, 0.6) is 0 Å². The zero-order valence-corrected chi connectivity index (χ0v) is 11.2. The number of aliphatic hydroxyl groups excluding tert-OH is 1. The van der Waals surface area contributed by atoms with Gasteiger partial charge in [0.1, 0.15) is 11.6 Å². The molecule has 2 N–H and O–H groups in total. The number of nitrogens with one attached hydrogen (secondary N) is 1. The summed E-state index contributed by atoms with van der Waals surface area (Å²) < 4.78 is 26.8. The van der Waals surface area contributed by atoms with Gasteiger partial charge in [-0.3, -0.25) is 0 Å². The Balaban J connectivity index is 3.01. The van der Waals surface area contributed by atoms with Gasteiger partial charge in [0.15, 0.2) is 0 Å². The second-order valence-electron chi connectivity index (χ2n) is 5.20. The molecule has 0 saturated carbocycles. The minimum atomic E-state index is -1.07. The number of hydrogen-bond acceptors (Lipinski definition) is 2. The summed E-state index contributed by atoms with van der Waals surface area (Å²) in [6.45, 7) is 7.76. The highest BCUT2D eigenvalue weighted by Crippen LogP contribution is 2.25. The lowest BCUT2D eigenvalue weighted by Crippen LogP contribution is -2.43. The Hall–Kier alpha value is -1.00. The molecule has 1 aromatic carbocycles. The molecule has 2 unspecified atom stereocenters. The van der Waals surface area contributed by atoms with Crippen molar-refractivity contribution in [3.63, 3.8) is 0 Å². The third kappa shape index (κ3) is 3.75. The van der Waals surface area contributed by atoms with Gasteiger partial charge in [0, 0.05) is 17.6 Å². The van der Waals surface area contributed by atoms with E-state index in [0.717, 1.165) is 18.2 Å². The Kier molecular flexibility index (Phi) is 5.23. The lowest BCUT2D eigenvalue weighted by Gasteiger charge is -2.30. The van der Waals surface area contributed by atoms with Gasteiger partial charge < -0.3 is 10.4 Å². The van der Waals surface area contributed by atoms with Crippen LogP contribution in [-0.2, 0) is 0 Å². The van der Waals surface area contributed by atoms with Crippen LogP contribution in [0.3, 0.4) is 0 Å². The van der Waals surface area contributed by atoms with E-state index in [2.05, 4.69) is 5.32 Å². The van der Waals surface area contributed by atoms with Crippen molar-refractivity contribution in [3.05, 3.63) is 35.4 Å². The van der Waals surface area contributed by atoms with E-state index in [9.17, 15) is 13.9 Å². The topological polar surface area (TPSA) is 32.3 Å². The smallest absolute Gasteiger partial charge is 0.129 e. The normalized spacial score (nSPS) is 15.2. The van der Waals surface area contributed by atoms with Crippen molar-refractivity contribution in [2.45, 2.75) is 45.9 Å². The van der Waals surface area contributed by atoms with Gasteiger partial charge in [-0.2, -0.15) is 0 Å². The molecule has 0 aromatic heterocycles. The van der Waals surface area contributed by atoms with E-state index in [4.69, 9.17) is 0 Å². The van der Waals surface area contributed by atoms with E-state index in [0.29, 0.717) is 0 Å². The molecule has 0 heterocycles. The predicted molar refractivity (Wildman–Crippen MR) is 68.2 cm³/mol. The van der Waals surface area contributed by atoms with E-state index in [1.54, 1.807) is 0 Å². The van der Waals surface area contributed by atoms with Crippen molar-refractivity contribution in [1.82, 2.24) is 5.32 Å². The molecule has 18 heavy (non-hydrogen) atoms. The van der Waals surface area contributed by atoms with E-state index in [-0.39, 0.29) is 23.6 Å². The highest BCUT2D eigenvalue weighted by atomic mass is 19.1. The first-order valence-electron chi connectivity index (χ1n) is 6.22. The third-order valence-corrected chi connectivity index (χ3v) is 2.86. The molecule has 2 atom stereocenters. The van der Waals surface area contributed by atoms with Crippen LogP contribution in [0.2, 0.25) is 0 Å². The van der Waals surface area contributed by atoms with Gasteiger partial charge in [0.05, 0.1) is 6.10 Å². The van der Waals surface area contributed by atoms with Gasteiger partial charge in [0.2, 0.25) is 0 Å². The Bertz CT molecular complexity index is 393. The average molecular weight is 257 g/mol. The molecule has 1 rings (SSSR count). The summed E-state index contributed by atoms with van der Waals surface area (Å²) in [5, 5.41) is 13.4. The molecule has 0 spiro atoms. The van der Waals surface area contributed by atoms with Gasteiger partial charge >= 0.3 is 0 Å². The number of aliphatic hydroxyl groups is 1. The van der Waals surface area contributed by atoms with Crippen LogP contribution in [0, 0.1) is 17.6 Å². The van der Waals surface area contributed by atoms with Crippen LogP contribution in [0.4, 0.5) is 8.78 Å². The van der Waals surface area contributed by atoms with Crippen LogP contribution >= 0.6 is 0 Å². The van der Waals surface area contributed by atoms with Crippen molar-refractivity contribution in [3.8, 4) is 0 Å². The van der Waals surface area contributed by atoms with Gasteiger partial charge in [-0.1, -0.05) is 27.7 Å². The van der Waals surface area contributed by atoms with Gasteiger partial charge in [-0.05, 0) is 24.1 Å². The Labute approximate surface area is 107 Å². The van der Waals surface area contributed by atoms with E-state index in [1.165, 1.54) is 0 Å². The molecule has 0 aliphatic carbocycles. The molecule has 102 valence electrons. The minimum Gasteiger partial charge on any atom is -0.387 e. The molecule has 0 amide bonds. The van der Waals surface area contributed by atoms with E-state index < -0.39 is 17.7 Å². The lowest BCUT2D eigenvalue weighted by molar-refractivity contribution is 0.0966. The minimum absolute atomic E-state index is 0.00171. The van der Waals surface area contributed by atoms with Crippen molar-refractivity contribution in [1.29, 1.82) is 0 Å². The summed E-state index contributed by atoms with van der Waals surface area (Å²) in [6, 6.07) is 2.98. The van der Waals surface area contributed by atoms with Crippen LogP contribution in [-0.4, -0.2) is 17.2 Å². The Morgan fingerprint density at radius 1 is 1.11 bits per heavy atom. The molecule has 0 aliphatic rings. The van der Waals surface area contributed by atoms with Gasteiger partial charge in [-0.25, -0.2) is 8.78 Å². The van der Waals surface area contributed by atoms with E-state index >= 15 is 0 Å². The van der Waals surface area contributed by atoms with Crippen LogP contribution in [0.15, 0.2) is 18.2 Å². The second-order valence-corrected chi connectivity index (χ2v) is 5.20. The first-order chi connectivity index (χ1) is 8.32. The van der Waals surface area contributed by atoms with Crippen molar-refractivity contribution >= 4 is 0 Å². The predicted octanol–water partition coefficient (Wildman–Crippen LogP) is 3.02. The Morgan fingerprint density at radius 3 is 2.22 bits per heavy atom. The number of halogens is 2. The van der Waals surface area contributed by atoms with Crippen LogP contribution in [0.25, 0.3) is 0 Å². The molecule has 0 radical (unpaired) electrons. The maximum absolute atomic E-state index is 13.6. The maximum atomic E-state index is 13.6. The van der Waals surface area contributed by atoms with Crippen molar-refractivity contribution in [2.75, 3.05) is 0 Å². The standard InChI is InChI=1S/C14H21F2NO/c1-8(2)13(17-9(3)4)14(18)11-7-10(15)5-6-12(11)16/h5-9,13-14,17-18H,1-4H3. The SMILES string of the molecule is CC(C)NC(C(C)C)C(O)c1cc(F)ccc1F. The third-order valence-electron chi connectivity index (χ3n) is 2.86. The van der Waals surface area contributed by atoms with Crippen molar-refractivity contribution in [2.24, 2.45) is 5.92 Å². The second kappa shape index (κ2) is 6.25. The number of hydrogen-bond donors (Lipinski definition) is 2. The van der Waals surface area contributed by atoms with Crippen LogP contribution < -0.4 is 5.32 Å². The average Bonchev–Trinajstić information content (AvgIpc) is 2.27. The fourth-order valence-corrected chi connectivity index (χ4v) is 1.97. The molecule has 1 aromatic rings. The lowest BCUT2D eigenvalue weighted by atomic mass is 9.92. The first kappa shape index (κ1) is 15.1. The number of rotatable bonds is 5. The van der Waals surface area contributed by atoms with E-state index in [1.807, 2.05) is 27.7 Å². The first-order valence-corrected chi connectivity index (χ1v) is 6.22. The quantitative estimate of drug-likeness (QED) is 0.850. The summed E-state index contributed by atoms with van der Waals surface area (Å²) >= 11 is 0. The molecule has 0 fully saturated rings. The summed E-state index contributed by atoms with van der Waals surface area (Å²) in [7, 11) is 0. The van der Waals surface area contributed by atoms with Crippen LogP contribution in [0.1, 0.15) is 39.4 Å². The summed E-state index contributed by atoms with van der Waals surface area (Å²) in [5.41, 5.74) is 0.00171. The molecular formula is C14H21F2NO. The zero-order valence-electron chi connectivity index (χ0n) is 11.2. The highest BCUT2D eigenvalue weighted by Gasteiger charge is 2.26. The number of benzene rings is 1. The van der Waals surface area contributed by atoms with Crippen molar-refractivity contribution < 1.29 is 13.9 Å². The molecule has 0 saturated heterocycles. The maximum Gasteiger partial charge on any atom is 0.129 e. The molecular weight excluding hydrogens is 236 g/mol. The van der Waals surface area contributed by atoms with Gasteiger partial charge in [0.25, 0.3) is 0 Å².